The molecule has 0 saturated carbocycles. The van der Waals surface area contributed by atoms with Crippen molar-refractivity contribution >= 4 is 15.9 Å². The predicted octanol–water partition coefficient (Wildman–Crippen LogP) is 2.89. The van der Waals surface area contributed by atoms with Gasteiger partial charge < -0.3 is 5.73 Å². The van der Waals surface area contributed by atoms with Crippen molar-refractivity contribution in [1.29, 1.82) is 0 Å². The van der Waals surface area contributed by atoms with Crippen LogP contribution in [0, 0.1) is 5.41 Å². The van der Waals surface area contributed by atoms with E-state index >= 15 is 0 Å². The Morgan fingerprint density at radius 1 is 1.46 bits per heavy atom. The summed E-state index contributed by atoms with van der Waals surface area (Å²) < 4.78 is 1.03. The van der Waals surface area contributed by atoms with Crippen LogP contribution in [0.4, 0.5) is 0 Å². The van der Waals surface area contributed by atoms with Gasteiger partial charge in [0.1, 0.15) is 0 Å². The van der Waals surface area contributed by atoms with Crippen LogP contribution in [0.1, 0.15) is 32.5 Å². The molecule has 1 aromatic rings. The number of aromatic nitrogens is 1. The highest BCUT2D eigenvalue weighted by molar-refractivity contribution is 9.10. The standard InChI is InChI=1S/C10H15BrN2/c1-10(2,3)9(12)8-6-7(11)4-5-13-8/h4-6,9H,12H2,1-3H3. The van der Waals surface area contributed by atoms with Crippen LogP contribution in [0.5, 0.6) is 0 Å². The fraction of sp³-hybridized carbons (Fsp3) is 0.500. The van der Waals surface area contributed by atoms with Crippen LogP contribution in [0.3, 0.4) is 0 Å². The minimum absolute atomic E-state index is 0.0231. The molecule has 72 valence electrons. The van der Waals surface area contributed by atoms with Gasteiger partial charge in [-0.1, -0.05) is 36.7 Å². The van der Waals surface area contributed by atoms with Crippen LogP contribution in [0.25, 0.3) is 0 Å². The summed E-state index contributed by atoms with van der Waals surface area (Å²) in [7, 11) is 0. The van der Waals surface area contributed by atoms with E-state index in [0.717, 1.165) is 10.2 Å². The molecular weight excluding hydrogens is 228 g/mol. The molecule has 1 atom stereocenters. The van der Waals surface area contributed by atoms with Gasteiger partial charge in [-0.05, 0) is 17.5 Å². The molecule has 13 heavy (non-hydrogen) atoms. The molecule has 0 bridgehead atoms. The lowest BCUT2D eigenvalue weighted by molar-refractivity contribution is 0.321. The molecule has 1 aromatic heterocycles. The highest BCUT2D eigenvalue weighted by Gasteiger charge is 2.23. The Morgan fingerprint density at radius 2 is 2.08 bits per heavy atom. The van der Waals surface area contributed by atoms with E-state index in [4.69, 9.17) is 5.73 Å². The molecule has 0 aliphatic heterocycles. The van der Waals surface area contributed by atoms with Gasteiger partial charge in [-0.2, -0.15) is 0 Å². The van der Waals surface area contributed by atoms with Gasteiger partial charge in [0, 0.05) is 10.7 Å². The third-order valence-electron chi connectivity index (χ3n) is 1.99. The lowest BCUT2D eigenvalue weighted by Gasteiger charge is -2.26. The first kappa shape index (κ1) is 10.7. The Morgan fingerprint density at radius 3 is 2.54 bits per heavy atom. The zero-order valence-corrected chi connectivity index (χ0v) is 9.80. The van der Waals surface area contributed by atoms with Crippen molar-refractivity contribution in [3.63, 3.8) is 0 Å². The van der Waals surface area contributed by atoms with Crippen molar-refractivity contribution in [3.05, 3.63) is 28.5 Å². The number of hydrogen-bond donors (Lipinski definition) is 1. The van der Waals surface area contributed by atoms with E-state index in [9.17, 15) is 0 Å². The Bertz CT molecular complexity index is 291. The maximum Gasteiger partial charge on any atom is 0.0587 e. The highest BCUT2D eigenvalue weighted by Crippen LogP contribution is 2.29. The molecular formula is C10H15BrN2. The molecule has 0 spiro atoms. The summed E-state index contributed by atoms with van der Waals surface area (Å²) in [6.07, 6.45) is 1.77. The normalized spacial score (nSPS) is 14.2. The van der Waals surface area contributed by atoms with Gasteiger partial charge in [0.15, 0.2) is 0 Å². The Hall–Kier alpha value is -0.410. The summed E-state index contributed by atoms with van der Waals surface area (Å²) in [5.74, 6) is 0. The van der Waals surface area contributed by atoms with E-state index in [1.807, 2.05) is 12.1 Å². The third-order valence-corrected chi connectivity index (χ3v) is 2.49. The third kappa shape index (κ3) is 2.78. The molecule has 0 aliphatic rings. The van der Waals surface area contributed by atoms with Crippen molar-refractivity contribution in [2.24, 2.45) is 11.1 Å². The number of hydrogen-bond acceptors (Lipinski definition) is 2. The second-order valence-corrected chi connectivity index (χ2v) is 5.16. The lowest BCUT2D eigenvalue weighted by Crippen LogP contribution is -2.27. The summed E-state index contributed by atoms with van der Waals surface area (Å²) in [6, 6.07) is 3.85. The Labute approximate surface area is 87.7 Å². The van der Waals surface area contributed by atoms with E-state index in [1.165, 1.54) is 0 Å². The van der Waals surface area contributed by atoms with Gasteiger partial charge in [0.25, 0.3) is 0 Å². The molecule has 0 fully saturated rings. The number of halogens is 1. The predicted molar refractivity (Wildman–Crippen MR) is 58.3 cm³/mol. The van der Waals surface area contributed by atoms with Gasteiger partial charge >= 0.3 is 0 Å². The maximum absolute atomic E-state index is 6.06. The van der Waals surface area contributed by atoms with Crippen molar-refractivity contribution in [1.82, 2.24) is 4.98 Å². The van der Waals surface area contributed by atoms with Crippen LogP contribution >= 0.6 is 15.9 Å². The van der Waals surface area contributed by atoms with Gasteiger partial charge in [-0.25, -0.2) is 0 Å². The van der Waals surface area contributed by atoms with Gasteiger partial charge in [0.2, 0.25) is 0 Å². The van der Waals surface area contributed by atoms with Crippen molar-refractivity contribution in [2.45, 2.75) is 26.8 Å². The highest BCUT2D eigenvalue weighted by atomic mass is 79.9. The van der Waals surface area contributed by atoms with E-state index in [2.05, 4.69) is 41.7 Å². The largest absolute Gasteiger partial charge is 0.322 e. The first-order chi connectivity index (χ1) is 5.91. The first-order valence-corrected chi connectivity index (χ1v) is 5.07. The average Bonchev–Trinajstić information content (AvgIpc) is 2.01. The summed E-state index contributed by atoms with van der Waals surface area (Å²) in [6.45, 7) is 6.33. The van der Waals surface area contributed by atoms with E-state index in [1.54, 1.807) is 6.20 Å². The van der Waals surface area contributed by atoms with Crippen LogP contribution in [-0.4, -0.2) is 4.98 Å². The van der Waals surface area contributed by atoms with Crippen LogP contribution in [0.15, 0.2) is 22.8 Å². The van der Waals surface area contributed by atoms with Gasteiger partial charge in [-0.3, -0.25) is 4.98 Å². The second-order valence-electron chi connectivity index (χ2n) is 4.24. The number of nitrogens with two attached hydrogens (primary N) is 1. The molecule has 1 rings (SSSR count). The first-order valence-electron chi connectivity index (χ1n) is 4.28. The van der Waals surface area contributed by atoms with Crippen LogP contribution in [-0.2, 0) is 0 Å². The number of rotatable bonds is 1. The zero-order chi connectivity index (χ0) is 10.1. The number of pyridine rings is 1. The smallest absolute Gasteiger partial charge is 0.0587 e. The van der Waals surface area contributed by atoms with Crippen LogP contribution < -0.4 is 5.73 Å². The minimum Gasteiger partial charge on any atom is -0.322 e. The molecule has 0 amide bonds. The SMILES string of the molecule is CC(C)(C)C(N)c1cc(Br)ccn1. The molecule has 1 heterocycles. The van der Waals surface area contributed by atoms with Gasteiger partial charge in [-0.15, -0.1) is 0 Å². The Balaban J connectivity index is 2.96. The zero-order valence-electron chi connectivity index (χ0n) is 8.21. The monoisotopic (exact) mass is 242 g/mol. The van der Waals surface area contributed by atoms with Crippen molar-refractivity contribution in [3.8, 4) is 0 Å². The fourth-order valence-electron chi connectivity index (χ4n) is 1.03. The molecule has 0 aromatic carbocycles. The molecule has 3 heteroatoms. The summed E-state index contributed by atoms with van der Waals surface area (Å²) >= 11 is 3.40. The van der Waals surface area contributed by atoms with Crippen molar-refractivity contribution in [2.75, 3.05) is 0 Å². The molecule has 0 aliphatic carbocycles. The van der Waals surface area contributed by atoms with Crippen LogP contribution in [0.2, 0.25) is 0 Å². The summed E-state index contributed by atoms with van der Waals surface area (Å²) in [5.41, 5.74) is 7.04. The summed E-state index contributed by atoms with van der Waals surface area (Å²) in [4.78, 5) is 4.25. The molecule has 0 radical (unpaired) electrons. The summed E-state index contributed by atoms with van der Waals surface area (Å²) in [5, 5.41) is 0. The van der Waals surface area contributed by atoms with E-state index in [-0.39, 0.29) is 11.5 Å². The number of nitrogens with zero attached hydrogens (tertiary/aromatic N) is 1. The molecule has 1 unspecified atom stereocenters. The minimum atomic E-state index is -0.0231. The molecule has 2 N–H and O–H groups in total. The quantitative estimate of drug-likeness (QED) is 0.823. The lowest BCUT2D eigenvalue weighted by atomic mass is 9.85. The van der Waals surface area contributed by atoms with E-state index in [0.29, 0.717) is 0 Å². The average molecular weight is 243 g/mol. The Kier molecular flexibility index (Phi) is 3.09. The van der Waals surface area contributed by atoms with E-state index < -0.39 is 0 Å². The van der Waals surface area contributed by atoms with Gasteiger partial charge in [0.05, 0.1) is 11.7 Å². The maximum atomic E-state index is 6.06. The molecule has 0 saturated heterocycles. The second kappa shape index (κ2) is 3.76. The molecule has 2 nitrogen and oxygen atoms in total. The topological polar surface area (TPSA) is 38.9 Å². The fourth-order valence-corrected chi connectivity index (χ4v) is 1.39. The van der Waals surface area contributed by atoms with Crippen molar-refractivity contribution < 1.29 is 0 Å².